The van der Waals surface area contributed by atoms with Gasteiger partial charge in [0.15, 0.2) is 0 Å². The Morgan fingerprint density at radius 1 is 0.643 bits per heavy atom. The largest absolute Gasteiger partial charge is 0.508 e. The average molecular weight is 1020 g/mol. The molecule has 2 heterocycles. The fourth-order valence-corrected chi connectivity index (χ4v) is 8.53. The third-order valence-electron chi connectivity index (χ3n) is 11.8. The van der Waals surface area contributed by atoms with E-state index < -0.39 is 120 Å². The molecule has 0 bridgehead atoms. The standard InChI is InChI=1S/C45H70N10O13S2/c1-23(2)17-29(39(61)53-33(22-70)45(67)68)49-40(62)32(20-56)52-42(64)35-8-6-16-55(35)44(66)31(19-25-9-11-26(57)12-10-25)51-38(60)28(13-14-36(47)58)48-41(63)34-7-5-15-54(34)43(65)30(18-24(3)4)50-37(59)27(46)21-69/h9-12,23-24,27-35,56-57,69-70H,5-8,13-22,46H2,1-4H3,(H2,47,58)(H,48,63)(H,49,62)(H,50,59)(H,51,60)(H,52,64)(H,53,61)(H,67,68)/t27-,28-,29-,30-,31-,32-,33-,34-,35-/m0/s1. The Bertz CT molecular complexity index is 2030. The first-order chi connectivity index (χ1) is 33.0. The number of nitrogens with two attached hydrogens (primary N) is 2. The predicted molar refractivity (Wildman–Crippen MR) is 261 cm³/mol. The number of hydrogen-bond donors (Lipinski definition) is 13. The number of aromatic hydroxyl groups is 1. The van der Waals surface area contributed by atoms with Crippen molar-refractivity contribution in [2.75, 3.05) is 31.2 Å². The van der Waals surface area contributed by atoms with E-state index in [9.17, 15) is 63.3 Å². The lowest BCUT2D eigenvalue weighted by molar-refractivity contribution is -0.143. The van der Waals surface area contributed by atoms with E-state index in [4.69, 9.17) is 11.5 Å². The molecule has 0 spiro atoms. The molecule has 1 aromatic carbocycles. The number of amides is 9. The van der Waals surface area contributed by atoms with Crippen LogP contribution in [0.25, 0.3) is 0 Å². The number of nitrogens with one attached hydrogen (secondary N) is 6. The summed E-state index contributed by atoms with van der Waals surface area (Å²) in [6.07, 6.45) is 0.475. The van der Waals surface area contributed by atoms with Crippen LogP contribution in [0.15, 0.2) is 24.3 Å². The lowest BCUT2D eigenvalue weighted by Gasteiger charge is -2.32. The number of rotatable bonds is 27. The number of carbonyl (C=O) groups is 10. The lowest BCUT2D eigenvalue weighted by Crippen LogP contribution is -2.60. The number of carboxylic acids is 1. The van der Waals surface area contributed by atoms with Crippen molar-refractivity contribution in [3.63, 3.8) is 0 Å². The van der Waals surface area contributed by atoms with Gasteiger partial charge in [0.2, 0.25) is 53.2 Å². The number of carbonyl (C=O) groups excluding carboxylic acids is 9. The number of phenolic OH excluding ortho intramolecular Hbond substituents is 1. The molecule has 70 heavy (non-hydrogen) atoms. The maximum atomic E-state index is 14.6. The fraction of sp³-hybridized carbons (Fsp3) is 0.644. The minimum absolute atomic E-state index is 0.0214. The van der Waals surface area contributed by atoms with E-state index in [1.807, 2.05) is 13.8 Å². The Morgan fingerprint density at radius 3 is 1.59 bits per heavy atom. The van der Waals surface area contributed by atoms with Crippen LogP contribution in [-0.4, -0.2) is 170 Å². The van der Waals surface area contributed by atoms with Crippen LogP contribution in [0.5, 0.6) is 5.75 Å². The third-order valence-corrected chi connectivity index (χ3v) is 12.5. The van der Waals surface area contributed by atoms with Gasteiger partial charge in [0, 0.05) is 37.4 Å². The Labute approximate surface area is 417 Å². The van der Waals surface area contributed by atoms with Crippen molar-refractivity contribution in [2.24, 2.45) is 23.3 Å². The molecule has 2 fully saturated rings. The highest BCUT2D eigenvalue weighted by molar-refractivity contribution is 7.80. The Balaban J connectivity index is 1.87. The average Bonchev–Trinajstić information content (AvgIpc) is 4.01. The van der Waals surface area contributed by atoms with Crippen LogP contribution >= 0.6 is 25.3 Å². The first kappa shape index (κ1) is 58.7. The first-order valence-corrected chi connectivity index (χ1v) is 24.6. The van der Waals surface area contributed by atoms with Crippen molar-refractivity contribution in [3.05, 3.63) is 29.8 Å². The molecule has 13 N–H and O–H groups in total. The maximum absolute atomic E-state index is 14.6. The quantitative estimate of drug-likeness (QED) is 0.0404. The number of phenols is 1. The van der Waals surface area contributed by atoms with Crippen molar-refractivity contribution < 1.29 is 63.3 Å². The number of benzene rings is 1. The van der Waals surface area contributed by atoms with Gasteiger partial charge in [-0.3, -0.25) is 43.2 Å². The summed E-state index contributed by atoms with van der Waals surface area (Å²) in [7, 11) is 0. The second-order valence-corrected chi connectivity index (χ2v) is 19.1. The molecule has 0 radical (unpaired) electrons. The molecule has 1 aromatic rings. The molecular weight excluding hydrogens is 953 g/mol. The minimum atomic E-state index is -1.61. The van der Waals surface area contributed by atoms with Gasteiger partial charge < -0.3 is 68.5 Å². The normalized spacial score (nSPS) is 18.7. The molecule has 0 unspecified atom stereocenters. The van der Waals surface area contributed by atoms with Gasteiger partial charge in [0.1, 0.15) is 54.1 Å². The molecule has 25 heteroatoms. The molecular formula is C45H70N10O13S2. The predicted octanol–water partition coefficient (Wildman–Crippen LogP) is -2.55. The second kappa shape index (κ2) is 28.3. The van der Waals surface area contributed by atoms with Crippen molar-refractivity contribution in [1.82, 2.24) is 41.7 Å². The molecule has 0 aliphatic carbocycles. The number of aliphatic hydroxyl groups is 1. The van der Waals surface area contributed by atoms with Crippen LogP contribution in [0.1, 0.15) is 84.6 Å². The van der Waals surface area contributed by atoms with E-state index in [1.54, 1.807) is 13.8 Å². The molecule has 3 rings (SSSR count). The van der Waals surface area contributed by atoms with Crippen LogP contribution in [-0.2, 0) is 54.4 Å². The van der Waals surface area contributed by atoms with Gasteiger partial charge in [-0.15, -0.1) is 0 Å². The van der Waals surface area contributed by atoms with E-state index in [2.05, 4.69) is 57.2 Å². The fourth-order valence-electron chi connectivity index (χ4n) is 8.12. The van der Waals surface area contributed by atoms with Gasteiger partial charge in [0.05, 0.1) is 12.6 Å². The number of hydrogen-bond acceptors (Lipinski definition) is 15. The summed E-state index contributed by atoms with van der Waals surface area (Å²) < 4.78 is 0. The smallest absolute Gasteiger partial charge is 0.327 e. The molecule has 2 aliphatic rings. The van der Waals surface area contributed by atoms with Crippen LogP contribution in [0.3, 0.4) is 0 Å². The summed E-state index contributed by atoms with van der Waals surface area (Å²) >= 11 is 8.02. The van der Waals surface area contributed by atoms with E-state index >= 15 is 0 Å². The number of likely N-dealkylation sites (tertiary alicyclic amines) is 2. The van der Waals surface area contributed by atoms with Crippen molar-refractivity contribution in [1.29, 1.82) is 0 Å². The number of carboxylic acid groups (broad SMARTS) is 1. The summed E-state index contributed by atoms with van der Waals surface area (Å²) in [6.45, 7) is 6.50. The second-order valence-electron chi connectivity index (χ2n) is 18.4. The molecule has 9 amide bonds. The van der Waals surface area contributed by atoms with Gasteiger partial charge >= 0.3 is 5.97 Å². The van der Waals surface area contributed by atoms with E-state index in [0.717, 1.165) is 0 Å². The highest BCUT2D eigenvalue weighted by Crippen LogP contribution is 2.23. The van der Waals surface area contributed by atoms with Crippen LogP contribution in [0, 0.1) is 11.8 Å². The van der Waals surface area contributed by atoms with E-state index in [0.29, 0.717) is 18.4 Å². The number of thiol groups is 2. The number of nitrogens with zero attached hydrogens (tertiary/aromatic N) is 2. The summed E-state index contributed by atoms with van der Waals surface area (Å²) in [5, 5.41) is 44.8. The van der Waals surface area contributed by atoms with Gasteiger partial charge in [-0.2, -0.15) is 25.3 Å². The molecule has 2 saturated heterocycles. The summed E-state index contributed by atoms with van der Waals surface area (Å²) in [4.78, 5) is 136. The van der Waals surface area contributed by atoms with Gasteiger partial charge in [-0.05, 0) is 74.5 Å². The minimum Gasteiger partial charge on any atom is -0.508 e. The van der Waals surface area contributed by atoms with Crippen LogP contribution < -0.4 is 43.4 Å². The van der Waals surface area contributed by atoms with Crippen molar-refractivity contribution in [3.8, 4) is 5.75 Å². The van der Waals surface area contributed by atoms with Gasteiger partial charge in [-0.1, -0.05) is 39.8 Å². The zero-order valence-corrected chi connectivity index (χ0v) is 41.7. The Kier molecular flexibility index (Phi) is 23.7. The van der Waals surface area contributed by atoms with Crippen molar-refractivity contribution in [2.45, 2.75) is 140 Å². The number of primary amides is 1. The monoisotopic (exact) mass is 1020 g/mol. The summed E-state index contributed by atoms with van der Waals surface area (Å²) in [5.74, 6) is -8.79. The SMILES string of the molecule is CC(C)C[C@H](NC(=O)[C@H](CO)NC(=O)[C@@H]1CCCN1C(=O)[C@H](Cc1ccc(O)cc1)NC(=O)[C@H](CCC(N)=O)NC(=O)[C@@H]1CCCN1C(=O)[C@H](CC(C)C)NC(=O)[C@@H](N)CS)C(=O)N[C@@H](CS)C(=O)O. The van der Waals surface area contributed by atoms with Crippen molar-refractivity contribution >= 4 is 84.4 Å². The highest BCUT2D eigenvalue weighted by Gasteiger charge is 2.42. The number of aliphatic hydroxyl groups excluding tert-OH is 1. The van der Waals surface area contributed by atoms with Gasteiger partial charge in [-0.25, -0.2) is 4.79 Å². The molecule has 23 nitrogen and oxygen atoms in total. The van der Waals surface area contributed by atoms with Crippen LogP contribution in [0.2, 0.25) is 0 Å². The first-order valence-electron chi connectivity index (χ1n) is 23.3. The van der Waals surface area contributed by atoms with Crippen LogP contribution in [0.4, 0.5) is 0 Å². The lowest BCUT2D eigenvalue weighted by atomic mass is 10.0. The van der Waals surface area contributed by atoms with E-state index in [1.165, 1.54) is 34.1 Å². The zero-order chi connectivity index (χ0) is 52.4. The third kappa shape index (κ3) is 17.6. The molecule has 0 saturated carbocycles. The Hall–Kier alpha value is -5.66. The topological polar surface area (TPSA) is 362 Å². The Morgan fingerprint density at radius 2 is 1.10 bits per heavy atom. The highest BCUT2D eigenvalue weighted by atomic mass is 32.1. The summed E-state index contributed by atoms with van der Waals surface area (Å²) in [5.41, 5.74) is 11.8. The molecule has 390 valence electrons. The molecule has 9 atom stereocenters. The zero-order valence-electron chi connectivity index (χ0n) is 39.9. The maximum Gasteiger partial charge on any atom is 0.327 e. The molecule has 2 aliphatic heterocycles. The van der Waals surface area contributed by atoms with E-state index in [-0.39, 0.29) is 87.1 Å². The van der Waals surface area contributed by atoms with Gasteiger partial charge in [0.25, 0.3) is 0 Å². The molecule has 0 aromatic heterocycles. The number of aliphatic carboxylic acids is 1. The summed E-state index contributed by atoms with van der Waals surface area (Å²) in [6, 6.07) is -5.68.